The molecule has 0 heterocycles. The summed E-state index contributed by atoms with van der Waals surface area (Å²) in [7, 11) is 0. The number of para-hydroxylation sites is 1. The van der Waals surface area contributed by atoms with Gasteiger partial charge in [0.1, 0.15) is 12.4 Å². The molecule has 0 radical (unpaired) electrons. The van der Waals surface area contributed by atoms with Crippen LogP contribution in [0.1, 0.15) is 42.0 Å². The normalized spacial score (nSPS) is 10.8. The lowest BCUT2D eigenvalue weighted by atomic mass is 10.0. The van der Waals surface area contributed by atoms with E-state index in [0.29, 0.717) is 18.4 Å². The van der Waals surface area contributed by atoms with Crippen molar-refractivity contribution in [1.29, 1.82) is 0 Å². The SMILES string of the molecule is Cc1cccc(CCl)c1OCc1ccc(C(C)C)cc1. The van der Waals surface area contributed by atoms with Gasteiger partial charge in [0, 0.05) is 5.56 Å². The van der Waals surface area contributed by atoms with Crippen molar-refractivity contribution in [1.82, 2.24) is 0 Å². The van der Waals surface area contributed by atoms with Crippen molar-refractivity contribution in [3.8, 4) is 5.75 Å². The van der Waals surface area contributed by atoms with Crippen LogP contribution in [0.3, 0.4) is 0 Å². The molecular weight excluding hydrogens is 268 g/mol. The molecule has 20 heavy (non-hydrogen) atoms. The quantitative estimate of drug-likeness (QED) is 0.666. The van der Waals surface area contributed by atoms with Crippen LogP contribution in [0.25, 0.3) is 0 Å². The summed E-state index contributed by atoms with van der Waals surface area (Å²) in [6.07, 6.45) is 0. The van der Waals surface area contributed by atoms with Gasteiger partial charge in [-0.2, -0.15) is 0 Å². The Morgan fingerprint density at radius 2 is 1.75 bits per heavy atom. The molecule has 0 aliphatic heterocycles. The molecule has 0 spiro atoms. The minimum atomic E-state index is 0.475. The van der Waals surface area contributed by atoms with Gasteiger partial charge >= 0.3 is 0 Å². The first-order valence-corrected chi connectivity index (χ1v) is 7.51. The van der Waals surface area contributed by atoms with Crippen molar-refractivity contribution in [2.24, 2.45) is 0 Å². The number of aryl methyl sites for hydroxylation is 1. The molecule has 1 nitrogen and oxygen atoms in total. The average Bonchev–Trinajstić information content (AvgIpc) is 2.46. The first kappa shape index (κ1) is 14.9. The Balaban J connectivity index is 2.09. The van der Waals surface area contributed by atoms with E-state index in [1.165, 1.54) is 11.1 Å². The predicted octanol–water partition coefficient (Wildman–Crippen LogP) is 5.44. The third-order valence-corrected chi connectivity index (χ3v) is 3.75. The van der Waals surface area contributed by atoms with Gasteiger partial charge in [0.2, 0.25) is 0 Å². The lowest BCUT2D eigenvalue weighted by molar-refractivity contribution is 0.301. The zero-order valence-electron chi connectivity index (χ0n) is 12.3. The fraction of sp³-hybridized carbons (Fsp3) is 0.333. The minimum Gasteiger partial charge on any atom is -0.488 e. The van der Waals surface area contributed by atoms with E-state index in [4.69, 9.17) is 16.3 Å². The molecule has 0 bridgehead atoms. The molecule has 0 unspecified atom stereocenters. The van der Waals surface area contributed by atoms with E-state index in [0.717, 1.165) is 16.9 Å². The Bertz CT molecular complexity index is 558. The first-order chi connectivity index (χ1) is 9.61. The van der Waals surface area contributed by atoms with Crippen LogP contribution in [-0.4, -0.2) is 0 Å². The standard InChI is InChI=1S/C18H21ClO/c1-13(2)16-9-7-15(8-10-16)12-20-18-14(3)5-4-6-17(18)11-19/h4-10,13H,11-12H2,1-3H3. The highest BCUT2D eigenvalue weighted by Gasteiger charge is 2.06. The van der Waals surface area contributed by atoms with Gasteiger partial charge in [0.15, 0.2) is 0 Å². The highest BCUT2D eigenvalue weighted by molar-refractivity contribution is 6.17. The van der Waals surface area contributed by atoms with Crippen molar-refractivity contribution in [2.45, 2.75) is 39.2 Å². The maximum atomic E-state index is 5.96. The van der Waals surface area contributed by atoms with Gasteiger partial charge in [-0.15, -0.1) is 11.6 Å². The molecule has 0 saturated heterocycles. The Morgan fingerprint density at radius 1 is 1.05 bits per heavy atom. The predicted molar refractivity (Wildman–Crippen MR) is 85.6 cm³/mol. The van der Waals surface area contributed by atoms with Crippen molar-refractivity contribution >= 4 is 11.6 Å². The zero-order chi connectivity index (χ0) is 14.5. The molecule has 0 aromatic heterocycles. The molecule has 2 rings (SSSR count). The smallest absolute Gasteiger partial charge is 0.127 e. The lowest BCUT2D eigenvalue weighted by Crippen LogP contribution is -2.00. The van der Waals surface area contributed by atoms with Gasteiger partial charge in [-0.25, -0.2) is 0 Å². The average molecular weight is 289 g/mol. The molecule has 0 fully saturated rings. The Labute approximate surface area is 126 Å². The number of rotatable bonds is 5. The molecule has 0 aliphatic rings. The molecule has 106 valence electrons. The number of benzene rings is 2. The summed E-state index contributed by atoms with van der Waals surface area (Å²) >= 11 is 5.96. The number of hydrogen-bond acceptors (Lipinski definition) is 1. The Hall–Kier alpha value is -1.47. The van der Waals surface area contributed by atoms with Crippen molar-refractivity contribution in [2.75, 3.05) is 0 Å². The Morgan fingerprint density at radius 3 is 2.35 bits per heavy atom. The second-order valence-electron chi connectivity index (χ2n) is 5.38. The lowest BCUT2D eigenvalue weighted by Gasteiger charge is -2.13. The van der Waals surface area contributed by atoms with E-state index < -0.39 is 0 Å². The van der Waals surface area contributed by atoms with Gasteiger partial charge in [-0.1, -0.05) is 56.3 Å². The molecule has 0 aliphatic carbocycles. The van der Waals surface area contributed by atoms with E-state index >= 15 is 0 Å². The summed E-state index contributed by atoms with van der Waals surface area (Å²) in [5, 5.41) is 0. The van der Waals surface area contributed by atoms with Crippen LogP contribution >= 0.6 is 11.6 Å². The monoisotopic (exact) mass is 288 g/mol. The fourth-order valence-corrected chi connectivity index (χ4v) is 2.39. The largest absolute Gasteiger partial charge is 0.488 e. The molecule has 2 heteroatoms. The summed E-state index contributed by atoms with van der Waals surface area (Å²) < 4.78 is 5.96. The zero-order valence-corrected chi connectivity index (χ0v) is 13.1. The first-order valence-electron chi connectivity index (χ1n) is 6.98. The minimum absolute atomic E-state index is 0.475. The molecule has 0 atom stereocenters. The summed E-state index contributed by atoms with van der Waals surface area (Å²) in [5.41, 5.74) is 4.71. The second-order valence-corrected chi connectivity index (χ2v) is 5.65. The third kappa shape index (κ3) is 3.55. The highest BCUT2D eigenvalue weighted by Crippen LogP contribution is 2.26. The number of ether oxygens (including phenoxy) is 1. The number of alkyl halides is 1. The highest BCUT2D eigenvalue weighted by atomic mass is 35.5. The van der Waals surface area contributed by atoms with Crippen LogP contribution in [0.2, 0.25) is 0 Å². The summed E-state index contributed by atoms with van der Waals surface area (Å²) in [5.74, 6) is 1.95. The van der Waals surface area contributed by atoms with E-state index in [-0.39, 0.29) is 0 Å². The van der Waals surface area contributed by atoms with E-state index in [1.807, 2.05) is 25.1 Å². The molecular formula is C18H21ClO. The molecule has 2 aromatic rings. The van der Waals surface area contributed by atoms with Gasteiger partial charge < -0.3 is 4.74 Å². The van der Waals surface area contributed by atoms with Crippen LogP contribution < -0.4 is 4.74 Å². The molecule has 0 N–H and O–H groups in total. The molecule has 0 saturated carbocycles. The van der Waals surface area contributed by atoms with E-state index in [2.05, 4.69) is 38.1 Å². The maximum Gasteiger partial charge on any atom is 0.127 e. The fourth-order valence-electron chi connectivity index (χ4n) is 2.18. The van der Waals surface area contributed by atoms with Crippen LogP contribution in [0.4, 0.5) is 0 Å². The second kappa shape index (κ2) is 6.81. The van der Waals surface area contributed by atoms with Crippen LogP contribution in [0.5, 0.6) is 5.75 Å². The van der Waals surface area contributed by atoms with E-state index in [9.17, 15) is 0 Å². The van der Waals surface area contributed by atoms with Crippen molar-refractivity contribution < 1.29 is 4.74 Å². The molecule has 0 amide bonds. The maximum absolute atomic E-state index is 5.96. The number of halogens is 1. The van der Waals surface area contributed by atoms with Crippen LogP contribution in [0, 0.1) is 6.92 Å². The summed E-state index contributed by atoms with van der Waals surface area (Å²) in [6.45, 7) is 7.03. The van der Waals surface area contributed by atoms with Crippen molar-refractivity contribution in [3.63, 3.8) is 0 Å². The van der Waals surface area contributed by atoms with E-state index in [1.54, 1.807) is 0 Å². The topological polar surface area (TPSA) is 9.23 Å². The van der Waals surface area contributed by atoms with Crippen molar-refractivity contribution in [3.05, 3.63) is 64.7 Å². The third-order valence-electron chi connectivity index (χ3n) is 3.47. The van der Waals surface area contributed by atoms with Gasteiger partial charge in [0.25, 0.3) is 0 Å². The van der Waals surface area contributed by atoms with Gasteiger partial charge in [-0.05, 0) is 29.5 Å². The van der Waals surface area contributed by atoms with Gasteiger partial charge in [-0.3, -0.25) is 0 Å². The number of hydrogen-bond donors (Lipinski definition) is 0. The van der Waals surface area contributed by atoms with Crippen LogP contribution in [-0.2, 0) is 12.5 Å². The van der Waals surface area contributed by atoms with Gasteiger partial charge in [0.05, 0.1) is 5.88 Å². The summed E-state index contributed by atoms with van der Waals surface area (Å²) in [6, 6.07) is 14.7. The Kier molecular flexibility index (Phi) is 5.08. The summed E-state index contributed by atoms with van der Waals surface area (Å²) in [4.78, 5) is 0. The van der Waals surface area contributed by atoms with Crippen LogP contribution in [0.15, 0.2) is 42.5 Å². The molecule has 2 aromatic carbocycles.